The van der Waals surface area contributed by atoms with E-state index in [0.29, 0.717) is 0 Å². The van der Waals surface area contributed by atoms with Crippen LogP contribution in [0.5, 0.6) is 0 Å². The van der Waals surface area contributed by atoms with Crippen molar-refractivity contribution in [3.8, 4) is 0 Å². The Morgan fingerprint density at radius 3 is 1.52 bits per heavy atom. The third-order valence-corrected chi connectivity index (χ3v) is 4.93. The average molecular weight is 332 g/mol. The van der Waals surface area contributed by atoms with Crippen LogP contribution < -0.4 is 0 Å². The molecule has 2 aromatic rings. The van der Waals surface area contributed by atoms with Gasteiger partial charge < -0.3 is 9.47 Å². The van der Waals surface area contributed by atoms with Gasteiger partial charge in [0, 0.05) is 19.3 Å². The van der Waals surface area contributed by atoms with Crippen molar-refractivity contribution in [1.29, 1.82) is 0 Å². The first-order chi connectivity index (χ1) is 12.4. The van der Waals surface area contributed by atoms with Gasteiger partial charge in [0.1, 0.15) is 0 Å². The summed E-state index contributed by atoms with van der Waals surface area (Å²) < 4.78 is 11.9. The van der Waals surface area contributed by atoms with Gasteiger partial charge in [0.25, 0.3) is 0 Å². The molecule has 0 radical (unpaired) electrons. The normalized spacial score (nSPS) is 15.5. The molecule has 0 aliphatic heterocycles. The Balaban J connectivity index is 1.18. The lowest BCUT2D eigenvalue weighted by atomic mass is 9.96. The van der Waals surface area contributed by atoms with Gasteiger partial charge in [-0.1, -0.05) is 48.5 Å². The first-order valence-electron chi connectivity index (χ1n) is 9.16. The van der Waals surface area contributed by atoms with Crippen LogP contribution in [-0.2, 0) is 35.2 Å². The standard InChI is InChI=1S/C23H24O2/c1-3-8-20-16-22(12-10-18(20)6-1)24-14-5-15-25-23-13-11-19-7-2-4-9-21(19)17-23/h1-4,6-9,12-13H,5,10-11,14-17H2. The average Bonchev–Trinajstić information content (AvgIpc) is 2.67. The third kappa shape index (κ3) is 3.96. The molecule has 0 amide bonds. The molecule has 0 saturated carbocycles. The molecular weight excluding hydrogens is 308 g/mol. The van der Waals surface area contributed by atoms with Gasteiger partial charge in [-0.05, 0) is 47.2 Å². The maximum Gasteiger partial charge on any atom is 0.0967 e. The zero-order chi connectivity index (χ0) is 16.9. The Labute approximate surface area is 149 Å². The summed E-state index contributed by atoms with van der Waals surface area (Å²) >= 11 is 0. The summed E-state index contributed by atoms with van der Waals surface area (Å²) in [5.41, 5.74) is 5.62. The largest absolute Gasteiger partial charge is 0.498 e. The van der Waals surface area contributed by atoms with Crippen molar-refractivity contribution in [2.75, 3.05) is 13.2 Å². The first-order valence-corrected chi connectivity index (χ1v) is 9.16. The van der Waals surface area contributed by atoms with Crippen molar-refractivity contribution in [3.63, 3.8) is 0 Å². The molecule has 0 bridgehead atoms. The Morgan fingerprint density at radius 1 is 0.600 bits per heavy atom. The fourth-order valence-electron chi connectivity index (χ4n) is 3.51. The molecule has 0 spiro atoms. The zero-order valence-electron chi connectivity index (χ0n) is 14.5. The molecule has 0 fully saturated rings. The van der Waals surface area contributed by atoms with Gasteiger partial charge in [-0.25, -0.2) is 0 Å². The maximum atomic E-state index is 5.95. The molecule has 0 N–H and O–H groups in total. The van der Waals surface area contributed by atoms with E-state index in [1.54, 1.807) is 0 Å². The van der Waals surface area contributed by atoms with E-state index in [4.69, 9.17) is 9.47 Å². The zero-order valence-corrected chi connectivity index (χ0v) is 14.5. The van der Waals surface area contributed by atoms with Crippen LogP contribution in [0.15, 0.2) is 72.2 Å². The minimum atomic E-state index is 0.720. The fourth-order valence-corrected chi connectivity index (χ4v) is 3.51. The van der Waals surface area contributed by atoms with Crippen molar-refractivity contribution in [3.05, 3.63) is 94.5 Å². The molecule has 128 valence electrons. The lowest BCUT2D eigenvalue weighted by Crippen LogP contribution is -2.09. The van der Waals surface area contributed by atoms with Crippen LogP contribution in [0.4, 0.5) is 0 Å². The predicted molar refractivity (Wildman–Crippen MR) is 100 cm³/mol. The number of benzene rings is 2. The maximum absolute atomic E-state index is 5.95. The van der Waals surface area contributed by atoms with Crippen LogP contribution in [0.25, 0.3) is 0 Å². The molecule has 2 nitrogen and oxygen atoms in total. The summed E-state index contributed by atoms with van der Waals surface area (Å²) in [5.74, 6) is 2.20. The Morgan fingerprint density at radius 2 is 1.04 bits per heavy atom. The summed E-state index contributed by atoms with van der Waals surface area (Å²) in [5, 5.41) is 0. The van der Waals surface area contributed by atoms with Crippen LogP contribution in [-0.4, -0.2) is 13.2 Å². The first kappa shape index (κ1) is 16.0. The second-order valence-electron chi connectivity index (χ2n) is 6.69. The van der Waals surface area contributed by atoms with Crippen molar-refractivity contribution < 1.29 is 9.47 Å². The van der Waals surface area contributed by atoms with Crippen LogP contribution >= 0.6 is 0 Å². The number of ether oxygens (including phenoxy) is 2. The number of hydrogen-bond acceptors (Lipinski definition) is 2. The van der Waals surface area contributed by atoms with Crippen molar-refractivity contribution in [1.82, 2.24) is 0 Å². The van der Waals surface area contributed by atoms with Gasteiger partial charge in [0.15, 0.2) is 0 Å². The highest BCUT2D eigenvalue weighted by molar-refractivity contribution is 5.36. The predicted octanol–water partition coefficient (Wildman–Crippen LogP) is 4.78. The number of hydrogen-bond donors (Lipinski definition) is 0. The fraction of sp³-hybridized carbons (Fsp3) is 0.304. The topological polar surface area (TPSA) is 18.5 Å². The highest BCUT2D eigenvalue weighted by Crippen LogP contribution is 2.23. The molecule has 2 heteroatoms. The SMILES string of the molecule is C1=C(OCCCOC2=CCc3ccccc3C2)Cc2ccccc2C1. The Kier molecular flexibility index (Phi) is 4.87. The Bertz CT molecular complexity index is 734. The molecule has 0 heterocycles. The molecule has 4 rings (SSSR count). The highest BCUT2D eigenvalue weighted by Gasteiger charge is 2.12. The van der Waals surface area contributed by atoms with Gasteiger partial charge in [-0.3, -0.25) is 0 Å². The molecule has 0 saturated heterocycles. The Hall–Kier alpha value is -2.48. The van der Waals surface area contributed by atoms with E-state index >= 15 is 0 Å². The molecule has 0 atom stereocenters. The molecule has 2 aliphatic carbocycles. The van der Waals surface area contributed by atoms with Crippen molar-refractivity contribution in [2.24, 2.45) is 0 Å². The lowest BCUT2D eigenvalue weighted by molar-refractivity contribution is 0.145. The summed E-state index contributed by atoms with van der Waals surface area (Å²) in [6.45, 7) is 1.44. The summed E-state index contributed by atoms with van der Waals surface area (Å²) in [7, 11) is 0. The van der Waals surface area contributed by atoms with E-state index in [-0.39, 0.29) is 0 Å². The molecule has 25 heavy (non-hydrogen) atoms. The highest BCUT2D eigenvalue weighted by atomic mass is 16.5. The second kappa shape index (κ2) is 7.60. The smallest absolute Gasteiger partial charge is 0.0967 e. The number of allylic oxidation sites excluding steroid dienone is 4. The van der Waals surface area contributed by atoms with Crippen LogP contribution in [0.2, 0.25) is 0 Å². The van der Waals surface area contributed by atoms with Gasteiger partial charge >= 0.3 is 0 Å². The lowest BCUT2D eigenvalue weighted by Gasteiger charge is -2.19. The van der Waals surface area contributed by atoms with E-state index in [2.05, 4.69) is 60.7 Å². The second-order valence-corrected chi connectivity index (χ2v) is 6.69. The summed E-state index contributed by atoms with van der Waals surface area (Å²) in [6.07, 6.45) is 9.13. The molecular formula is C23H24O2. The monoisotopic (exact) mass is 332 g/mol. The molecule has 0 unspecified atom stereocenters. The van der Waals surface area contributed by atoms with E-state index in [1.165, 1.54) is 22.3 Å². The van der Waals surface area contributed by atoms with Crippen molar-refractivity contribution in [2.45, 2.75) is 32.1 Å². The van der Waals surface area contributed by atoms with Gasteiger partial charge in [0.05, 0.1) is 24.7 Å². The number of rotatable bonds is 6. The van der Waals surface area contributed by atoms with Gasteiger partial charge in [-0.2, -0.15) is 0 Å². The van der Waals surface area contributed by atoms with Crippen LogP contribution in [0, 0.1) is 0 Å². The van der Waals surface area contributed by atoms with E-state index in [0.717, 1.165) is 56.8 Å². The van der Waals surface area contributed by atoms with E-state index in [1.807, 2.05) is 0 Å². The van der Waals surface area contributed by atoms with Crippen LogP contribution in [0.3, 0.4) is 0 Å². The van der Waals surface area contributed by atoms with Crippen molar-refractivity contribution >= 4 is 0 Å². The summed E-state index contributed by atoms with van der Waals surface area (Å²) in [4.78, 5) is 0. The third-order valence-electron chi connectivity index (χ3n) is 4.93. The van der Waals surface area contributed by atoms with Gasteiger partial charge in [0.2, 0.25) is 0 Å². The molecule has 2 aliphatic rings. The van der Waals surface area contributed by atoms with E-state index in [9.17, 15) is 0 Å². The van der Waals surface area contributed by atoms with E-state index < -0.39 is 0 Å². The molecule has 2 aromatic carbocycles. The van der Waals surface area contributed by atoms with Gasteiger partial charge in [-0.15, -0.1) is 0 Å². The summed E-state index contributed by atoms with van der Waals surface area (Å²) in [6, 6.07) is 17.2. The minimum absolute atomic E-state index is 0.720. The minimum Gasteiger partial charge on any atom is -0.498 e. The quantitative estimate of drug-likeness (QED) is 0.709. The number of fused-ring (bicyclic) bond motifs is 2. The molecule has 0 aromatic heterocycles. The van der Waals surface area contributed by atoms with Crippen LogP contribution in [0.1, 0.15) is 28.7 Å².